The van der Waals surface area contributed by atoms with Crippen LogP contribution >= 0.6 is 11.6 Å². The van der Waals surface area contributed by atoms with Crippen molar-refractivity contribution in [3.8, 4) is 5.69 Å². The molecule has 0 radical (unpaired) electrons. The Bertz CT molecular complexity index is 706. The summed E-state index contributed by atoms with van der Waals surface area (Å²) in [4.78, 5) is 0. The lowest BCUT2D eigenvalue weighted by atomic mass is 10.1. The van der Waals surface area contributed by atoms with Gasteiger partial charge >= 0.3 is 0 Å². The lowest BCUT2D eigenvalue weighted by Crippen LogP contribution is -2.45. The second-order valence-corrected chi connectivity index (χ2v) is 5.72. The van der Waals surface area contributed by atoms with Crippen LogP contribution in [0.5, 0.6) is 0 Å². The Hall–Kier alpha value is -2.05. The molecule has 1 aliphatic heterocycles. The smallest absolute Gasteiger partial charge is 0.178 e. The van der Waals surface area contributed by atoms with Crippen molar-refractivity contribution in [2.45, 2.75) is 33.2 Å². The van der Waals surface area contributed by atoms with Crippen LogP contribution in [0.4, 0.5) is 0 Å². The molecular weight excluding hydrogens is 300 g/mol. The number of aryl methyl sites for hydroxylation is 1. The van der Waals surface area contributed by atoms with E-state index in [2.05, 4.69) is 48.1 Å². The van der Waals surface area contributed by atoms with Gasteiger partial charge in [0.2, 0.25) is 0 Å². The molecule has 0 spiro atoms. The Kier molecular flexibility index (Phi) is 4.04. The lowest BCUT2D eigenvalue weighted by Gasteiger charge is -2.22. The number of amidine groups is 1. The van der Waals surface area contributed by atoms with Gasteiger partial charge in [-0.2, -0.15) is 5.10 Å². The molecule has 1 aliphatic rings. The number of hydrogen-bond donors (Lipinski definition) is 2. The summed E-state index contributed by atoms with van der Waals surface area (Å²) >= 11 is 6.58. The summed E-state index contributed by atoms with van der Waals surface area (Å²) in [6.07, 6.45) is 2.67. The third kappa shape index (κ3) is 2.44. The lowest BCUT2D eigenvalue weighted by molar-refractivity contribution is 0.246. The Morgan fingerprint density at radius 1 is 1.27 bits per heavy atom. The highest BCUT2D eigenvalue weighted by Gasteiger charge is 2.26. The average Bonchev–Trinajstić information content (AvgIpc) is 3.13. The minimum absolute atomic E-state index is 0.232. The fraction of sp³-hybridized carbons (Fsp3) is 0.333. The zero-order valence-electron chi connectivity index (χ0n) is 12.8. The second-order valence-electron chi connectivity index (χ2n) is 5.37. The highest BCUT2D eigenvalue weighted by atomic mass is 35.5. The van der Waals surface area contributed by atoms with E-state index in [0.717, 1.165) is 23.5 Å². The van der Waals surface area contributed by atoms with Crippen LogP contribution in [0.3, 0.4) is 0 Å². The Balaban J connectivity index is 2.03. The van der Waals surface area contributed by atoms with Crippen LogP contribution in [-0.2, 0) is 6.42 Å². The summed E-state index contributed by atoms with van der Waals surface area (Å²) in [5.74, 6) is 0.736. The first kappa shape index (κ1) is 14.9. The predicted molar refractivity (Wildman–Crippen MR) is 87.7 cm³/mol. The van der Waals surface area contributed by atoms with Crippen LogP contribution in [0, 0.1) is 0 Å². The molecule has 0 saturated carbocycles. The van der Waals surface area contributed by atoms with Crippen molar-refractivity contribution in [2.24, 2.45) is 5.10 Å². The summed E-state index contributed by atoms with van der Waals surface area (Å²) in [6, 6.07) is 8.35. The van der Waals surface area contributed by atoms with E-state index < -0.39 is 0 Å². The van der Waals surface area contributed by atoms with Gasteiger partial charge in [0.25, 0.3) is 0 Å². The van der Waals surface area contributed by atoms with Crippen molar-refractivity contribution in [1.82, 2.24) is 25.9 Å². The molecular formula is C15H19ClN6. The Morgan fingerprint density at radius 3 is 2.77 bits per heavy atom. The number of nitrogens with one attached hydrogen (secondary N) is 2. The van der Waals surface area contributed by atoms with E-state index in [-0.39, 0.29) is 6.04 Å². The number of nitrogens with zero attached hydrogens (tertiary/aromatic N) is 4. The fourth-order valence-electron chi connectivity index (χ4n) is 2.47. The molecule has 0 aliphatic carbocycles. The number of aromatic nitrogens is 2. The maximum atomic E-state index is 6.58. The molecule has 0 bridgehead atoms. The van der Waals surface area contributed by atoms with Crippen LogP contribution < -0.4 is 11.1 Å². The largest absolute Gasteiger partial charge is 0.268 e. The van der Waals surface area contributed by atoms with Gasteiger partial charge in [0, 0.05) is 6.04 Å². The van der Waals surface area contributed by atoms with E-state index in [1.807, 2.05) is 23.2 Å². The zero-order chi connectivity index (χ0) is 15.7. The number of para-hydroxylation sites is 1. The zero-order valence-corrected chi connectivity index (χ0v) is 13.6. The minimum atomic E-state index is 0.232. The summed E-state index contributed by atoms with van der Waals surface area (Å²) in [5, 5.41) is 11.2. The van der Waals surface area contributed by atoms with E-state index in [0.29, 0.717) is 5.15 Å². The standard InChI is InChI=1S/C15H19ClN6/c1-4-11-7-5-6-8-13(11)22-14(16)12(9-17-22)15-18-19-20-21(15)10(2)3/h5-10,19-20H,4H2,1-3H3. The molecule has 1 aromatic carbocycles. The van der Waals surface area contributed by atoms with Gasteiger partial charge in [-0.15, -0.1) is 10.6 Å². The Morgan fingerprint density at radius 2 is 2.05 bits per heavy atom. The molecule has 2 N–H and O–H groups in total. The SMILES string of the molecule is CCc1ccccc1-n1ncc(C2=NNNN2C(C)C)c1Cl. The highest BCUT2D eigenvalue weighted by Crippen LogP contribution is 2.25. The first-order valence-corrected chi connectivity index (χ1v) is 7.71. The fourth-order valence-corrected chi connectivity index (χ4v) is 2.74. The Labute approximate surface area is 134 Å². The van der Waals surface area contributed by atoms with Crippen LogP contribution in [-0.4, -0.2) is 26.7 Å². The number of benzene rings is 1. The number of hydrogen-bond acceptors (Lipinski definition) is 5. The number of halogens is 1. The van der Waals surface area contributed by atoms with Crippen molar-refractivity contribution in [3.05, 3.63) is 46.7 Å². The van der Waals surface area contributed by atoms with Crippen molar-refractivity contribution in [2.75, 3.05) is 0 Å². The van der Waals surface area contributed by atoms with Crippen molar-refractivity contribution in [3.63, 3.8) is 0 Å². The molecule has 0 atom stereocenters. The molecule has 2 heterocycles. The topological polar surface area (TPSA) is 57.5 Å². The van der Waals surface area contributed by atoms with Crippen LogP contribution in [0.25, 0.3) is 5.69 Å². The van der Waals surface area contributed by atoms with Crippen LogP contribution in [0.2, 0.25) is 5.15 Å². The van der Waals surface area contributed by atoms with Crippen molar-refractivity contribution in [1.29, 1.82) is 0 Å². The van der Waals surface area contributed by atoms with Crippen molar-refractivity contribution >= 4 is 17.4 Å². The van der Waals surface area contributed by atoms with Gasteiger partial charge < -0.3 is 0 Å². The molecule has 0 fully saturated rings. The molecule has 6 nitrogen and oxygen atoms in total. The molecule has 0 amide bonds. The van der Waals surface area contributed by atoms with Gasteiger partial charge in [0.05, 0.1) is 17.4 Å². The maximum Gasteiger partial charge on any atom is 0.178 e. The third-order valence-corrected chi connectivity index (χ3v) is 3.99. The van der Waals surface area contributed by atoms with Gasteiger partial charge in [0.15, 0.2) is 5.84 Å². The normalized spacial score (nSPS) is 14.4. The van der Waals surface area contributed by atoms with Crippen molar-refractivity contribution < 1.29 is 0 Å². The summed E-state index contributed by atoms with van der Waals surface area (Å²) < 4.78 is 1.76. The first-order valence-electron chi connectivity index (χ1n) is 7.33. The molecule has 22 heavy (non-hydrogen) atoms. The quantitative estimate of drug-likeness (QED) is 0.909. The molecule has 0 saturated heterocycles. The van der Waals surface area contributed by atoms with Gasteiger partial charge in [-0.3, -0.25) is 5.01 Å². The first-order chi connectivity index (χ1) is 10.6. The second kappa shape index (κ2) is 5.98. The number of rotatable bonds is 4. The van der Waals surface area contributed by atoms with Crippen LogP contribution in [0.1, 0.15) is 31.9 Å². The molecule has 1 aromatic heterocycles. The average molecular weight is 319 g/mol. The van der Waals surface area contributed by atoms with E-state index in [4.69, 9.17) is 11.6 Å². The summed E-state index contributed by atoms with van der Waals surface area (Å²) in [7, 11) is 0. The van der Waals surface area contributed by atoms with E-state index in [9.17, 15) is 0 Å². The summed E-state index contributed by atoms with van der Waals surface area (Å²) in [6.45, 7) is 6.26. The number of hydrazine groups is 2. The van der Waals surface area contributed by atoms with E-state index in [1.54, 1.807) is 10.9 Å². The minimum Gasteiger partial charge on any atom is -0.268 e. The molecule has 3 rings (SSSR count). The third-order valence-electron chi connectivity index (χ3n) is 3.63. The molecule has 2 aromatic rings. The van der Waals surface area contributed by atoms with Gasteiger partial charge in [-0.05, 0) is 31.9 Å². The predicted octanol–water partition coefficient (Wildman–Crippen LogP) is 2.48. The van der Waals surface area contributed by atoms with Gasteiger partial charge in [0.1, 0.15) is 5.15 Å². The number of hydrazone groups is 1. The maximum absolute atomic E-state index is 6.58. The van der Waals surface area contributed by atoms with Gasteiger partial charge in [-0.25, -0.2) is 10.2 Å². The summed E-state index contributed by atoms with van der Waals surface area (Å²) in [5.41, 5.74) is 8.74. The van der Waals surface area contributed by atoms with Gasteiger partial charge in [-0.1, -0.05) is 36.7 Å². The van der Waals surface area contributed by atoms with E-state index >= 15 is 0 Å². The molecule has 116 valence electrons. The monoisotopic (exact) mass is 318 g/mol. The highest BCUT2D eigenvalue weighted by molar-refractivity contribution is 6.33. The van der Waals surface area contributed by atoms with E-state index in [1.165, 1.54) is 5.56 Å². The molecule has 0 unspecified atom stereocenters. The van der Waals surface area contributed by atoms with Crippen LogP contribution in [0.15, 0.2) is 35.6 Å². The molecule has 7 heteroatoms.